The molecule has 0 saturated carbocycles. The average Bonchev–Trinajstić information content (AvgIpc) is 3.10. The van der Waals surface area contributed by atoms with Crippen LogP contribution in [0.15, 0.2) is 114 Å². The van der Waals surface area contributed by atoms with Gasteiger partial charge in [0.1, 0.15) is 11.3 Å². The standard InChI is InChI=1S/C26H20N2O/c29-22-16-17-24-23(18-22)25(27-21-14-8-3-9-15-21)26(28-24,19-10-4-1-5-11-19)20-12-6-2-7-13-20/h1-18,28-29H. The number of anilines is 1. The molecule has 3 nitrogen and oxygen atoms in total. The topological polar surface area (TPSA) is 44.6 Å². The number of rotatable bonds is 3. The van der Waals surface area contributed by atoms with Crippen LogP contribution in [0.4, 0.5) is 11.4 Å². The Morgan fingerprint density at radius 3 is 1.79 bits per heavy atom. The van der Waals surface area contributed by atoms with E-state index < -0.39 is 5.54 Å². The first-order valence-electron chi connectivity index (χ1n) is 9.64. The molecule has 0 bridgehead atoms. The highest BCUT2D eigenvalue weighted by molar-refractivity contribution is 6.19. The van der Waals surface area contributed by atoms with Gasteiger partial charge in [-0.1, -0.05) is 78.9 Å². The van der Waals surface area contributed by atoms with Crippen LogP contribution in [-0.4, -0.2) is 10.8 Å². The highest BCUT2D eigenvalue weighted by Crippen LogP contribution is 2.46. The molecule has 0 saturated heterocycles. The number of fused-ring (bicyclic) bond motifs is 1. The van der Waals surface area contributed by atoms with E-state index in [1.807, 2.05) is 72.8 Å². The van der Waals surface area contributed by atoms with Gasteiger partial charge >= 0.3 is 0 Å². The van der Waals surface area contributed by atoms with Crippen molar-refractivity contribution in [1.29, 1.82) is 0 Å². The summed E-state index contributed by atoms with van der Waals surface area (Å²) >= 11 is 0. The van der Waals surface area contributed by atoms with Crippen molar-refractivity contribution < 1.29 is 5.11 Å². The normalized spacial score (nSPS) is 15.7. The quantitative estimate of drug-likeness (QED) is 0.438. The highest BCUT2D eigenvalue weighted by Gasteiger charge is 2.46. The van der Waals surface area contributed by atoms with Gasteiger partial charge in [0, 0.05) is 11.3 Å². The van der Waals surface area contributed by atoms with Gasteiger partial charge in [0.25, 0.3) is 0 Å². The van der Waals surface area contributed by atoms with E-state index in [4.69, 9.17) is 4.99 Å². The largest absolute Gasteiger partial charge is 0.508 e. The molecule has 3 heteroatoms. The van der Waals surface area contributed by atoms with E-state index in [0.717, 1.165) is 33.8 Å². The Morgan fingerprint density at radius 1 is 0.655 bits per heavy atom. The van der Waals surface area contributed by atoms with Crippen LogP contribution in [0.1, 0.15) is 16.7 Å². The van der Waals surface area contributed by atoms with Crippen LogP contribution in [0, 0.1) is 0 Å². The van der Waals surface area contributed by atoms with Crippen molar-refractivity contribution in [3.05, 3.63) is 126 Å². The van der Waals surface area contributed by atoms with Crippen molar-refractivity contribution in [3.8, 4) is 5.75 Å². The van der Waals surface area contributed by atoms with Crippen LogP contribution in [0.25, 0.3) is 0 Å². The first-order valence-corrected chi connectivity index (χ1v) is 9.64. The molecule has 0 unspecified atom stereocenters. The van der Waals surface area contributed by atoms with Crippen LogP contribution >= 0.6 is 0 Å². The van der Waals surface area contributed by atoms with E-state index in [1.165, 1.54) is 0 Å². The second-order valence-corrected chi connectivity index (χ2v) is 7.13. The molecule has 4 aromatic carbocycles. The first kappa shape index (κ1) is 17.3. The van der Waals surface area contributed by atoms with Crippen molar-refractivity contribution in [2.24, 2.45) is 4.99 Å². The maximum atomic E-state index is 10.2. The fourth-order valence-electron chi connectivity index (χ4n) is 4.04. The molecule has 0 atom stereocenters. The van der Waals surface area contributed by atoms with Gasteiger partial charge in [0.2, 0.25) is 0 Å². The molecule has 0 aromatic heterocycles. The number of phenolic OH excluding ortho intramolecular Hbond substituents is 1. The lowest BCUT2D eigenvalue weighted by molar-refractivity contribution is 0.475. The van der Waals surface area contributed by atoms with E-state index in [0.29, 0.717) is 0 Å². The lowest BCUT2D eigenvalue weighted by Gasteiger charge is -2.32. The van der Waals surface area contributed by atoms with Gasteiger partial charge in [0.15, 0.2) is 0 Å². The Hall–Kier alpha value is -3.85. The molecule has 29 heavy (non-hydrogen) atoms. The van der Waals surface area contributed by atoms with Crippen LogP contribution in [0.2, 0.25) is 0 Å². The SMILES string of the molecule is Oc1ccc2c(c1)C(=Nc1ccccc1)C(c1ccccc1)(c1ccccc1)N2. The molecule has 140 valence electrons. The van der Waals surface area contributed by atoms with Crippen molar-refractivity contribution in [2.75, 3.05) is 5.32 Å². The minimum Gasteiger partial charge on any atom is -0.508 e. The van der Waals surface area contributed by atoms with Crippen LogP contribution in [0.5, 0.6) is 5.75 Å². The highest BCUT2D eigenvalue weighted by atomic mass is 16.3. The number of nitrogens with one attached hydrogen (secondary N) is 1. The van der Waals surface area contributed by atoms with Crippen molar-refractivity contribution in [2.45, 2.75) is 5.54 Å². The molecule has 1 aliphatic heterocycles. The third-order valence-electron chi connectivity index (χ3n) is 5.35. The summed E-state index contributed by atoms with van der Waals surface area (Å²) in [6, 6.07) is 36.0. The van der Waals surface area contributed by atoms with Gasteiger partial charge in [-0.3, -0.25) is 0 Å². The number of hydrogen-bond donors (Lipinski definition) is 2. The van der Waals surface area contributed by atoms with Gasteiger partial charge in [0.05, 0.1) is 11.4 Å². The molecule has 0 amide bonds. The second-order valence-electron chi connectivity index (χ2n) is 7.13. The smallest absolute Gasteiger partial charge is 0.132 e. The minimum atomic E-state index is -0.658. The number of phenols is 1. The summed E-state index contributed by atoms with van der Waals surface area (Å²) in [6.45, 7) is 0. The Bertz CT molecular complexity index is 1130. The first-order chi connectivity index (χ1) is 14.3. The Kier molecular flexibility index (Phi) is 4.14. The number of hydrogen-bond acceptors (Lipinski definition) is 3. The summed E-state index contributed by atoms with van der Waals surface area (Å²) in [7, 11) is 0. The van der Waals surface area contributed by atoms with Crippen LogP contribution in [0.3, 0.4) is 0 Å². The second kappa shape index (κ2) is 6.95. The predicted octanol–water partition coefficient (Wildman–Crippen LogP) is 5.88. The van der Waals surface area contributed by atoms with Crippen molar-refractivity contribution >= 4 is 17.1 Å². The fraction of sp³-hybridized carbons (Fsp3) is 0.0385. The molecule has 2 N–H and O–H groups in total. The summed E-state index contributed by atoms with van der Waals surface area (Å²) in [5.41, 5.74) is 5.12. The molecular weight excluding hydrogens is 356 g/mol. The minimum absolute atomic E-state index is 0.225. The molecule has 0 fully saturated rings. The number of para-hydroxylation sites is 1. The van der Waals surface area contributed by atoms with E-state index in [1.54, 1.807) is 12.1 Å². The summed E-state index contributed by atoms with van der Waals surface area (Å²) in [5.74, 6) is 0.225. The number of aliphatic imine (C=N–C) groups is 1. The average molecular weight is 376 g/mol. The third-order valence-corrected chi connectivity index (χ3v) is 5.35. The van der Waals surface area contributed by atoms with Gasteiger partial charge < -0.3 is 10.4 Å². The zero-order valence-corrected chi connectivity index (χ0v) is 15.8. The van der Waals surface area contributed by atoms with Gasteiger partial charge in [-0.2, -0.15) is 0 Å². The fourth-order valence-corrected chi connectivity index (χ4v) is 4.04. The Labute approximate surface area is 170 Å². The zero-order valence-electron chi connectivity index (χ0n) is 15.8. The summed E-state index contributed by atoms with van der Waals surface area (Å²) in [4.78, 5) is 5.09. The van der Waals surface area contributed by atoms with E-state index >= 15 is 0 Å². The Balaban J connectivity index is 1.85. The van der Waals surface area contributed by atoms with Crippen LogP contribution in [-0.2, 0) is 5.54 Å². The van der Waals surface area contributed by atoms with E-state index in [2.05, 4.69) is 29.6 Å². The Morgan fingerprint density at radius 2 is 1.21 bits per heavy atom. The van der Waals surface area contributed by atoms with Gasteiger partial charge in [-0.15, -0.1) is 0 Å². The molecular formula is C26H20N2O. The molecule has 0 radical (unpaired) electrons. The summed E-state index contributed by atoms with van der Waals surface area (Å²) < 4.78 is 0. The van der Waals surface area contributed by atoms with Gasteiger partial charge in [-0.05, 0) is 41.5 Å². The molecule has 1 heterocycles. The maximum Gasteiger partial charge on any atom is 0.132 e. The zero-order chi connectivity index (χ0) is 19.7. The number of nitrogens with zero attached hydrogens (tertiary/aromatic N) is 1. The molecule has 0 spiro atoms. The van der Waals surface area contributed by atoms with E-state index in [-0.39, 0.29) is 5.75 Å². The lowest BCUT2D eigenvalue weighted by atomic mass is 9.79. The molecule has 0 aliphatic carbocycles. The predicted molar refractivity (Wildman–Crippen MR) is 118 cm³/mol. The molecule has 1 aliphatic rings. The summed E-state index contributed by atoms with van der Waals surface area (Å²) in [5, 5.41) is 13.9. The lowest BCUT2D eigenvalue weighted by Crippen LogP contribution is -2.40. The van der Waals surface area contributed by atoms with Crippen molar-refractivity contribution in [1.82, 2.24) is 0 Å². The molecule has 4 aromatic rings. The molecule has 5 rings (SSSR count). The summed E-state index contributed by atoms with van der Waals surface area (Å²) in [6.07, 6.45) is 0. The maximum absolute atomic E-state index is 10.2. The monoisotopic (exact) mass is 376 g/mol. The van der Waals surface area contributed by atoms with Gasteiger partial charge in [-0.25, -0.2) is 4.99 Å². The number of benzene rings is 4. The third kappa shape index (κ3) is 2.88. The van der Waals surface area contributed by atoms with E-state index in [9.17, 15) is 5.11 Å². The van der Waals surface area contributed by atoms with Crippen molar-refractivity contribution in [3.63, 3.8) is 0 Å². The van der Waals surface area contributed by atoms with Crippen LogP contribution < -0.4 is 5.32 Å². The number of aromatic hydroxyl groups is 1.